The van der Waals surface area contributed by atoms with E-state index in [9.17, 15) is 24.0 Å². The van der Waals surface area contributed by atoms with Crippen LogP contribution in [-0.2, 0) is 23.9 Å². The lowest BCUT2D eigenvalue weighted by Crippen LogP contribution is -2.59. The van der Waals surface area contributed by atoms with Gasteiger partial charge in [0.2, 0.25) is 17.6 Å². The highest BCUT2D eigenvalue weighted by Gasteiger charge is 2.47. The molecular weight excluding hydrogens is 524 g/mol. The summed E-state index contributed by atoms with van der Waals surface area (Å²) in [6, 6.07) is -2.56. The van der Waals surface area contributed by atoms with Crippen molar-refractivity contribution in [2.45, 2.75) is 128 Å². The molecule has 4 fully saturated rings. The molecule has 0 bridgehead atoms. The molecule has 1 unspecified atom stereocenters. The SMILES string of the molecule is CC1CCC(OC(=O)N[C@H](C(=O)N2CC[C@H](C(C)C)[C@H]2C(=O)NC(CC2CC2)C(=O)C(N)=O)C2CCCCC2)CC1. The molecule has 1 saturated heterocycles. The van der Waals surface area contributed by atoms with E-state index in [4.69, 9.17) is 10.5 Å². The number of nitrogens with one attached hydrogen (secondary N) is 2. The second-order valence-electron chi connectivity index (χ2n) is 13.4. The van der Waals surface area contributed by atoms with Gasteiger partial charge in [-0.3, -0.25) is 19.2 Å². The van der Waals surface area contributed by atoms with Crippen molar-refractivity contribution >= 4 is 29.6 Å². The summed E-state index contributed by atoms with van der Waals surface area (Å²) < 4.78 is 5.77. The Balaban J connectivity index is 1.51. The summed E-state index contributed by atoms with van der Waals surface area (Å²) in [5, 5.41) is 5.74. The van der Waals surface area contributed by atoms with Gasteiger partial charge in [-0.25, -0.2) is 4.79 Å². The van der Waals surface area contributed by atoms with Crippen LogP contribution in [0, 0.1) is 29.6 Å². The molecule has 0 aromatic carbocycles. The number of likely N-dealkylation sites (tertiary alicyclic amines) is 1. The second kappa shape index (κ2) is 14.0. The molecule has 3 saturated carbocycles. The van der Waals surface area contributed by atoms with Gasteiger partial charge in [0.25, 0.3) is 5.91 Å². The maximum Gasteiger partial charge on any atom is 0.408 e. The first-order valence-corrected chi connectivity index (χ1v) is 16.0. The largest absolute Gasteiger partial charge is 0.446 e. The standard InChI is InChI=1S/C31H50N4O6/c1-18(2)23-15-16-35(26(23)29(38)33-24(17-20-11-12-20)27(36)28(32)37)30(39)25(21-7-5-4-6-8-21)34-31(40)41-22-13-9-19(3)10-14-22/h18-26H,4-17H2,1-3H3,(H2,32,37)(H,33,38)(H,34,40)/t19?,22?,23-,24?,25+,26+/m1/s1. The summed E-state index contributed by atoms with van der Waals surface area (Å²) >= 11 is 0. The third-order valence-electron chi connectivity index (χ3n) is 9.89. The number of amides is 4. The Labute approximate surface area is 244 Å². The van der Waals surface area contributed by atoms with Gasteiger partial charge in [0.1, 0.15) is 18.2 Å². The number of alkyl carbamates (subject to hydrolysis) is 1. The molecule has 4 aliphatic rings. The number of nitrogens with two attached hydrogens (primary N) is 1. The average Bonchev–Trinajstić information content (AvgIpc) is 3.65. The lowest BCUT2D eigenvalue weighted by Gasteiger charge is -2.36. The number of rotatable bonds is 11. The minimum absolute atomic E-state index is 0.0314. The van der Waals surface area contributed by atoms with Gasteiger partial charge in [0.05, 0.1) is 6.04 Å². The molecule has 1 aliphatic heterocycles. The zero-order valence-corrected chi connectivity index (χ0v) is 25.1. The van der Waals surface area contributed by atoms with E-state index in [0.717, 1.165) is 70.6 Å². The first-order valence-electron chi connectivity index (χ1n) is 16.0. The monoisotopic (exact) mass is 574 g/mol. The van der Waals surface area contributed by atoms with E-state index in [0.29, 0.717) is 25.3 Å². The van der Waals surface area contributed by atoms with Crippen molar-refractivity contribution in [3.63, 3.8) is 0 Å². The maximum absolute atomic E-state index is 14.2. The summed E-state index contributed by atoms with van der Waals surface area (Å²) in [4.78, 5) is 67.0. The van der Waals surface area contributed by atoms with E-state index >= 15 is 0 Å². The number of ketones is 1. The Kier molecular flexibility index (Phi) is 10.7. The van der Waals surface area contributed by atoms with E-state index < -0.39 is 41.8 Å². The predicted octanol–water partition coefficient (Wildman–Crippen LogP) is 3.45. The first-order chi connectivity index (χ1) is 19.5. The summed E-state index contributed by atoms with van der Waals surface area (Å²) in [5.41, 5.74) is 5.30. The van der Waals surface area contributed by atoms with Gasteiger partial charge < -0.3 is 26.0 Å². The van der Waals surface area contributed by atoms with Crippen LogP contribution >= 0.6 is 0 Å². The lowest BCUT2D eigenvalue weighted by atomic mass is 9.83. The summed E-state index contributed by atoms with van der Waals surface area (Å²) in [6.45, 7) is 6.64. The Morgan fingerprint density at radius 1 is 0.878 bits per heavy atom. The second-order valence-corrected chi connectivity index (χ2v) is 13.4. The molecule has 230 valence electrons. The van der Waals surface area contributed by atoms with Gasteiger partial charge in [0.15, 0.2) is 0 Å². The molecule has 0 radical (unpaired) electrons. The first kappa shape index (κ1) is 31.3. The highest BCUT2D eigenvalue weighted by atomic mass is 16.6. The van der Waals surface area contributed by atoms with Gasteiger partial charge in [-0.2, -0.15) is 0 Å². The van der Waals surface area contributed by atoms with E-state index in [1.165, 1.54) is 0 Å². The molecule has 10 nitrogen and oxygen atoms in total. The van der Waals surface area contributed by atoms with Crippen LogP contribution < -0.4 is 16.4 Å². The van der Waals surface area contributed by atoms with Crippen LogP contribution in [0.3, 0.4) is 0 Å². The van der Waals surface area contributed by atoms with Crippen LogP contribution in [0.4, 0.5) is 4.79 Å². The Bertz CT molecular complexity index is 968. The highest BCUT2D eigenvalue weighted by molar-refractivity contribution is 6.37. The number of hydrogen-bond acceptors (Lipinski definition) is 6. The van der Waals surface area contributed by atoms with E-state index in [2.05, 4.69) is 17.6 Å². The van der Waals surface area contributed by atoms with Crippen molar-refractivity contribution in [3.05, 3.63) is 0 Å². The third kappa shape index (κ3) is 8.22. The molecule has 41 heavy (non-hydrogen) atoms. The van der Waals surface area contributed by atoms with Gasteiger partial charge in [0, 0.05) is 6.54 Å². The third-order valence-corrected chi connectivity index (χ3v) is 9.89. The molecule has 4 N–H and O–H groups in total. The fourth-order valence-electron chi connectivity index (χ4n) is 7.13. The van der Waals surface area contributed by atoms with Crippen molar-refractivity contribution in [2.75, 3.05) is 6.54 Å². The molecule has 0 aromatic rings. The number of primary amides is 1. The molecule has 4 atom stereocenters. The fourth-order valence-corrected chi connectivity index (χ4v) is 7.13. The Morgan fingerprint density at radius 3 is 2.12 bits per heavy atom. The molecule has 1 heterocycles. The number of carbonyl (C=O) groups excluding carboxylic acids is 5. The summed E-state index contributed by atoms with van der Waals surface area (Å²) in [5.74, 6) is -1.70. The number of ether oxygens (including phenoxy) is 1. The van der Waals surface area contributed by atoms with Crippen molar-refractivity contribution in [2.24, 2.45) is 35.3 Å². The predicted molar refractivity (Wildman–Crippen MR) is 153 cm³/mol. The van der Waals surface area contributed by atoms with Crippen LogP contribution in [0.15, 0.2) is 0 Å². The molecular formula is C31H50N4O6. The molecule has 4 amide bonds. The normalized spacial score (nSPS) is 28.5. The lowest BCUT2D eigenvalue weighted by molar-refractivity contribution is -0.144. The zero-order valence-electron chi connectivity index (χ0n) is 25.1. The van der Waals surface area contributed by atoms with E-state index in [-0.39, 0.29) is 35.7 Å². The van der Waals surface area contributed by atoms with Crippen LogP contribution in [-0.4, -0.2) is 65.3 Å². The Hall–Kier alpha value is -2.65. The van der Waals surface area contributed by atoms with Crippen LogP contribution in [0.25, 0.3) is 0 Å². The number of Topliss-reactive ketones (excluding diaryl/α,β-unsaturated/α-hetero) is 1. The quantitative estimate of drug-likeness (QED) is 0.322. The molecule has 0 spiro atoms. The van der Waals surface area contributed by atoms with Crippen molar-refractivity contribution in [1.29, 1.82) is 0 Å². The van der Waals surface area contributed by atoms with Crippen LogP contribution in [0.5, 0.6) is 0 Å². The minimum Gasteiger partial charge on any atom is -0.446 e. The minimum atomic E-state index is -1.07. The van der Waals surface area contributed by atoms with Gasteiger partial charge >= 0.3 is 6.09 Å². The van der Waals surface area contributed by atoms with Crippen molar-refractivity contribution in [3.8, 4) is 0 Å². The van der Waals surface area contributed by atoms with Crippen LogP contribution in [0.1, 0.15) is 104 Å². The van der Waals surface area contributed by atoms with Crippen LogP contribution in [0.2, 0.25) is 0 Å². The number of carbonyl (C=O) groups is 5. The van der Waals surface area contributed by atoms with Gasteiger partial charge in [-0.1, -0.05) is 52.9 Å². The number of nitrogens with zero attached hydrogens (tertiary/aromatic N) is 1. The molecule has 10 heteroatoms. The fraction of sp³-hybridized carbons (Fsp3) is 0.839. The maximum atomic E-state index is 14.2. The van der Waals surface area contributed by atoms with Gasteiger partial charge in [-0.15, -0.1) is 0 Å². The topological polar surface area (TPSA) is 148 Å². The Morgan fingerprint density at radius 2 is 1.54 bits per heavy atom. The average molecular weight is 575 g/mol. The smallest absolute Gasteiger partial charge is 0.408 e. The van der Waals surface area contributed by atoms with Crippen molar-refractivity contribution < 1.29 is 28.7 Å². The van der Waals surface area contributed by atoms with Gasteiger partial charge in [-0.05, 0) is 81.0 Å². The highest BCUT2D eigenvalue weighted by Crippen LogP contribution is 2.36. The number of hydrogen-bond donors (Lipinski definition) is 3. The zero-order chi connectivity index (χ0) is 29.7. The van der Waals surface area contributed by atoms with E-state index in [1.54, 1.807) is 4.90 Å². The molecule has 0 aromatic heterocycles. The van der Waals surface area contributed by atoms with Crippen molar-refractivity contribution in [1.82, 2.24) is 15.5 Å². The summed E-state index contributed by atoms with van der Waals surface area (Å²) in [7, 11) is 0. The molecule has 3 aliphatic carbocycles. The van der Waals surface area contributed by atoms with E-state index in [1.807, 2.05) is 13.8 Å². The molecule has 4 rings (SSSR count). The summed E-state index contributed by atoms with van der Waals surface area (Å²) in [6.07, 6.45) is 10.6.